The van der Waals surface area contributed by atoms with Crippen LogP contribution in [0.2, 0.25) is 0 Å². The van der Waals surface area contributed by atoms with Crippen LogP contribution in [0, 0.1) is 6.92 Å². The highest BCUT2D eigenvalue weighted by molar-refractivity contribution is 7.46. The Morgan fingerprint density at radius 2 is 1.90 bits per heavy atom. The molecule has 0 bridgehead atoms. The highest BCUT2D eigenvalue weighted by Crippen LogP contribution is 2.36. The molecule has 214 valence electrons. The van der Waals surface area contributed by atoms with Gasteiger partial charge in [-0.05, 0) is 62.2 Å². The van der Waals surface area contributed by atoms with E-state index >= 15 is 0 Å². The van der Waals surface area contributed by atoms with Crippen molar-refractivity contribution in [3.63, 3.8) is 0 Å². The van der Waals surface area contributed by atoms with Gasteiger partial charge in [0.15, 0.2) is 0 Å². The second-order valence-electron chi connectivity index (χ2n) is 9.71. The first-order chi connectivity index (χ1) is 18.9. The molecule has 3 heterocycles. The van der Waals surface area contributed by atoms with Gasteiger partial charge in [-0.25, -0.2) is 13.9 Å². The number of amides is 1. The first-order valence-electron chi connectivity index (χ1n) is 12.6. The topological polar surface area (TPSA) is 143 Å². The average Bonchev–Trinajstić information content (AvgIpc) is 2.92. The molecule has 0 aliphatic carbocycles. The fourth-order valence-corrected chi connectivity index (χ4v) is 4.45. The van der Waals surface area contributed by atoms with E-state index in [9.17, 15) is 13.8 Å². The number of aryl methyl sites for hydroxylation is 1. The summed E-state index contributed by atoms with van der Waals surface area (Å²) in [6, 6.07) is 10.4. The van der Waals surface area contributed by atoms with Crippen LogP contribution < -0.4 is 15.0 Å². The summed E-state index contributed by atoms with van der Waals surface area (Å²) in [5.74, 6) is -0.0949. The second kappa shape index (κ2) is 12.4. The fraction of sp³-hybridized carbons (Fsp3) is 0.370. The average molecular weight is 575 g/mol. The Morgan fingerprint density at radius 1 is 1.15 bits per heavy atom. The predicted octanol–water partition coefficient (Wildman–Crippen LogP) is 4.23. The van der Waals surface area contributed by atoms with Gasteiger partial charge in [-0.2, -0.15) is 0 Å². The largest absolute Gasteiger partial charge is 0.474 e. The number of hydrogen-bond donors (Lipinski definition) is 3. The van der Waals surface area contributed by atoms with Gasteiger partial charge >= 0.3 is 7.82 Å². The van der Waals surface area contributed by atoms with E-state index in [0.29, 0.717) is 49.1 Å². The lowest BCUT2D eigenvalue weighted by atomic mass is 10.0. The standard InChI is InChI=1S/C27H32FN4O7P/c1-18-4-5-21(31-25(33)19-6-7-29-24(15-19)27(2,3)28)16-22(18)20-14-23(32-8-10-37-11-9-32)26(30-17-20)38-12-13-39-40(34,35)36/h4-7,14-17H,8-13H2,1-3H3,(H,31,33)(H2,34,35,36). The van der Waals surface area contributed by atoms with E-state index in [4.69, 9.17) is 19.3 Å². The van der Waals surface area contributed by atoms with Crippen LogP contribution in [0.1, 0.15) is 35.5 Å². The van der Waals surface area contributed by atoms with E-state index in [1.54, 1.807) is 12.3 Å². The van der Waals surface area contributed by atoms with Crippen LogP contribution in [0.5, 0.6) is 5.88 Å². The highest BCUT2D eigenvalue weighted by Gasteiger charge is 2.23. The van der Waals surface area contributed by atoms with E-state index in [1.165, 1.54) is 32.2 Å². The highest BCUT2D eigenvalue weighted by atomic mass is 31.2. The molecule has 0 radical (unpaired) electrons. The molecule has 4 rings (SSSR count). The summed E-state index contributed by atoms with van der Waals surface area (Å²) < 4.78 is 41.0. The molecule has 40 heavy (non-hydrogen) atoms. The number of rotatable bonds is 10. The van der Waals surface area contributed by atoms with E-state index < -0.39 is 19.4 Å². The number of morpholine rings is 1. The molecule has 1 aliphatic rings. The zero-order chi connectivity index (χ0) is 28.9. The molecule has 11 nitrogen and oxygen atoms in total. The number of nitrogens with zero attached hydrogens (tertiary/aromatic N) is 3. The lowest BCUT2D eigenvalue weighted by Crippen LogP contribution is -2.36. The van der Waals surface area contributed by atoms with Crippen molar-refractivity contribution >= 4 is 25.1 Å². The van der Waals surface area contributed by atoms with Gasteiger partial charge in [0.2, 0.25) is 5.88 Å². The summed E-state index contributed by atoms with van der Waals surface area (Å²) in [7, 11) is -4.60. The monoisotopic (exact) mass is 574 g/mol. The van der Waals surface area contributed by atoms with Crippen LogP contribution in [0.15, 0.2) is 48.8 Å². The lowest BCUT2D eigenvalue weighted by molar-refractivity contribution is 0.102. The van der Waals surface area contributed by atoms with Crippen LogP contribution in [0.3, 0.4) is 0 Å². The summed E-state index contributed by atoms with van der Waals surface area (Å²) in [6.07, 6.45) is 3.04. The minimum absolute atomic E-state index is 0.106. The van der Waals surface area contributed by atoms with Gasteiger partial charge in [-0.1, -0.05) is 6.07 Å². The molecule has 1 aliphatic heterocycles. The Balaban J connectivity index is 1.58. The molecule has 0 spiro atoms. The number of ether oxygens (including phenoxy) is 2. The molecule has 1 saturated heterocycles. The van der Waals surface area contributed by atoms with E-state index in [0.717, 1.165) is 16.7 Å². The maximum Gasteiger partial charge on any atom is 0.469 e. The smallest absolute Gasteiger partial charge is 0.469 e. The molecular weight excluding hydrogens is 542 g/mol. The number of alkyl halides is 1. The summed E-state index contributed by atoms with van der Waals surface area (Å²) in [4.78, 5) is 41.3. The molecule has 0 unspecified atom stereocenters. The number of benzene rings is 1. The third-order valence-corrected chi connectivity index (χ3v) is 6.72. The predicted molar refractivity (Wildman–Crippen MR) is 147 cm³/mol. The fourth-order valence-electron chi connectivity index (χ4n) is 4.14. The minimum Gasteiger partial charge on any atom is -0.474 e. The van der Waals surface area contributed by atoms with Crippen molar-refractivity contribution in [3.8, 4) is 17.0 Å². The van der Waals surface area contributed by atoms with E-state index in [2.05, 4.69) is 24.7 Å². The Kier molecular flexibility index (Phi) is 9.17. The zero-order valence-corrected chi connectivity index (χ0v) is 23.4. The third kappa shape index (κ3) is 7.83. The van der Waals surface area contributed by atoms with Gasteiger partial charge in [0.25, 0.3) is 5.91 Å². The molecular formula is C27H32FN4O7P. The number of aromatic nitrogens is 2. The number of hydrogen-bond acceptors (Lipinski definition) is 8. The van der Waals surface area contributed by atoms with Crippen molar-refractivity contribution in [1.82, 2.24) is 9.97 Å². The maximum atomic E-state index is 14.3. The number of nitrogens with one attached hydrogen (secondary N) is 1. The van der Waals surface area contributed by atoms with Crippen molar-refractivity contribution in [1.29, 1.82) is 0 Å². The van der Waals surface area contributed by atoms with Gasteiger partial charge in [-0.15, -0.1) is 0 Å². The Labute approximate surface area is 231 Å². The van der Waals surface area contributed by atoms with Gasteiger partial charge < -0.3 is 29.5 Å². The molecule has 1 aromatic carbocycles. The van der Waals surface area contributed by atoms with Gasteiger partial charge in [-0.3, -0.25) is 14.3 Å². The molecule has 1 fully saturated rings. The number of phosphoric ester groups is 1. The Hall–Kier alpha value is -3.41. The third-order valence-electron chi connectivity index (χ3n) is 6.20. The Morgan fingerprint density at radius 3 is 2.60 bits per heavy atom. The van der Waals surface area contributed by atoms with Crippen LogP contribution in [-0.4, -0.2) is 65.2 Å². The van der Waals surface area contributed by atoms with Crippen molar-refractivity contribution in [2.24, 2.45) is 0 Å². The zero-order valence-electron chi connectivity index (χ0n) is 22.5. The normalized spacial score (nSPS) is 14.2. The van der Waals surface area contributed by atoms with Crippen molar-refractivity contribution in [3.05, 3.63) is 65.6 Å². The maximum absolute atomic E-state index is 14.3. The number of carbonyl (C=O) groups is 1. The first-order valence-corrected chi connectivity index (χ1v) is 14.2. The number of carbonyl (C=O) groups excluding carboxylic acids is 1. The van der Waals surface area contributed by atoms with Crippen molar-refractivity contribution in [2.45, 2.75) is 26.4 Å². The van der Waals surface area contributed by atoms with Crippen molar-refractivity contribution in [2.75, 3.05) is 49.7 Å². The first kappa shape index (κ1) is 29.6. The van der Waals surface area contributed by atoms with E-state index in [1.807, 2.05) is 25.1 Å². The molecule has 13 heteroatoms. The van der Waals surface area contributed by atoms with Crippen LogP contribution in [-0.2, 0) is 19.5 Å². The van der Waals surface area contributed by atoms with Gasteiger partial charge in [0, 0.05) is 42.3 Å². The lowest BCUT2D eigenvalue weighted by Gasteiger charge is -2.30. The molecule has 3 N–H and O–H groups in total. The summed E-state index contributed by atoms with van der Waals surface area (Å²) in [5.41, 5.74) is 2.58. The minimum atomic E-state index is -4.60. The quantitative estimate of drug-likeness (QED) is 0.238. The number of phosphoric acid groups is 1. The number of pyridine rings is 2. The van der Waals surface area contributed by atoms with Crippen molar-refractivity contribution < 1.29 is 37.5 Å². The van der Waals surface area contributed by atoms with Gasteiger partial charge in [0.1, 0.15) is 18.0 Å². The molecule has 2 aromatic heterocycles. The summed E-state index contributed by atoms with van der Waals surface area (Å²) in [5, 5.41) is 2.87. The number of anilines is 2. The number of halogens is 1. The second-order valence-corrected chi connectivity index (χ2v) is 10.9. The molecule has 1 amide bonds. The molecule has 0 saturated carbocycles. The van der Waals surface area contributed by atoms with Crippen LogP contribution in [0.4, 0.5) is 15.8 Å². The summed E-state index contributed by atoms with van der Waals surface area (Å²) in [6.45, 7) is 6.58. The molecule has 0 atom stereocenters. The Bertz CT molecular complexity index is 1400. The van der Waals surface area contributed by atoms with Gasteiger partial charge in [0.05, 0.1) is 25.5 Å². The van der Waals surface area contributed by atoms with E-state index in [-0.39, 0.29) is 18.9 Å². The molecule has 3 aromatic rings. The summed E-state index contributed by atoms with van der Waals surface area (Å²) >= 11 is 0. The SMILES string of the molecule is Cc1ccc(NC(=O)c2ccnc(C(C)(C)F)c2)cc1-c1cnc(OCCOP(=O)(O)O)c(N2CCOCC2)c1. The van der Waals surface area contributed by atoms with Crippen LogP contribution >= 0.6 is 7.82 Å². The van der Waals surface area contributed by atoms with Crippen LogP contribution in [0.25, 0.3) is 11.1 Å².